The van der Waals surface area contributed by atoms with E-state index in [9.17, 15) is 9.50 Å². The maximum atomic E-state index is 13.2. The lowest BCUT2D eigenvalue weighted by atomic mass is 10.3. The molecule has 1 aromatic carbocycles. The van der Waals surface area contributed by atoms with E-state index >= 15 is 0 Å². The van der Waals surface area contributed by atoms with Crippen LogP contribution in [0.15, 0.2) is 18.2 Å². The van der Waals surface area contributed by atoms with Gasteiger partial charge in [0.1, 0.15) is 5.82 Å². The first-order valence-corrected chi connectivity index (χ1v) is 6.65. The van der Waals surface area contributed by atoms with Crippen molar-refractivity contribution >= 4 is 28.3 Å². The van der Waals surface area contributed by atoms with E-state index < -0.39 is 6.10 Å². The Hall–Kier alpha value is -0.440. The van der Waals surface area contributed by atoms with Gasteiger partial charge in [0.25, 0.3) is 0 Å². The van der Waals surface area contributed by atoms with Crippen molar-refractivity contribution in [2.45, 2.75) is 6.10 Å². The molecular weight excluding hydrogens is 352 g/mol. The fourth-order valence-corrected chi connectivity index (χ4v) is 1.84. The van der Waals surface area contributed by atoms with Crippen molar-refractivity contribution in [1.29, 1.82) is 0 Å². The highest BCUT2D eigenvalue weighted by atomic mass is 127. The third-order valence-corrected chi connectivity index (χ3v) is 3.32. The second-order valence-electron chi connectivity index (χ2n) is 3.70. The lowest BCUT2D eigenvalue weighted by Crippen LogP contribution is -2.26. The van der Waals surface area contributed by atoms with E-state index in [1.54, 1.807) is 19.2 Å². The highest BCUT2D eigenvalue weighted by molar-refractivity contribution is 14.1. The molecule has 0 aliphatic rings. The van der Waals surface area contributed by atoms with Crippen LogP contribution in [0.4, 0.5) is 10.1 Å². The summed E-state index contributed by atoms with van der Waals surface area (Å²) in [5.74, 6) is -0.272. The van der Waals surface area contributed by atoms with Gasteiger partial charge in [-0.3, -0.25) is 0 Å². The summed E-state index contributed by atoms with van der Waals surface area (Å²) in [6.07, 6.45) is -0.638. The zero-order valence-electron chi connectivity index (χ0n) is 10.2. The molecule has 18 heavy (non-hydrogen) atoms. The Morgan fingerprint density at radius 3 is 2.94 bits per heavy atom. The van der Waals surface area contributed by atoms with Gasteiger partial charge < -0.3 is 19.9 Å². The number of anilines is 1. The number of methoxy groups -OCH3 is 1. The van der Waals surface area contributed by atoms with Crippen LogP contribution in [-0.4, -0.2) is 44.7 Å². The van der Waals surface area contributed by atoms with Gasteiger partial charge in [-0.05, 0) is 34.7 Å². The van der Waals surface area contributed by atoms with E-state index in [0.29, 0.717) is 29.0 Å². The smallest absolute Gasteiger partial charge is 0.138 e. The Balaban J connectivity index is 2.29. The molecule has 0 spiro atoms. The number of rotatable bonds is 8. The highest BCUT2D eigenvalue weighted by Gasteiger charge is 2.08. The van der Waals surface area contributed by atoms with Crippen molar-refractivity contribution in [3.05, 3.63) is 27.6 Å². The second kappa shape index (κ2) is 8.63. The van der Waals surface area contributed by atoms with Gasteiger partial charge >= 0.3 is 0 Å². The summed E-state index contributed by atoms with van der Waals surface area (Å²) >= 11 is 1.92. The number of benzene rings is 1. The van der Waals surface area contributed by atoms with Crippen LogP contribution in [0.2, 0.25) is 0 Å². The van der Waals surface area contributed by atoms with Crippen molar-refractivity contribution < 1.29 is 19.0 Å². The zero-order chi connectivity index (χ0) is 13.4. The molecule has 6 heteroatoms. The molecule has 4 nitrogen and oxygen atoms in total. The SMILES string of the molecule is COCCOCC(O)CNc1cccc(F)c1I. The molecule has 0 aliphatic carbocycles. The number of aliphatic hydroxyl groups is 1. The van der Waals surface area contributed by atoms with Crippen molar-refractivity contribution in [3.8, 4) is 0 Å². The minimum atomic E-state index is -0.638. The molecule has 0 amide bonds. The van der Waals surface area contributed by atoms with Crippen molar-refractivity contribution in [3.63, 3.8) is 0 Å². The molecule has 1 aromatic rings. The van der Waals surface area contributed by atoms with E-state index in [0.717, 1.165) is 0 Å². The summed E-state index contributed by atoms with van der Waals surface area (Å²) < 4.78 is 23.8. The molecule has 0 fully saturated rings. The third-order valence-electron chi connectivity index (χ3n) is 2.22. The van der Waals surface area contributed by atoms with Gasteiger partial charge in [0.2, 0.25) is 0 Å². The molecule has 0 aliphatic heterocycles. The van der Waals surface area contributed by atoms with Gasteiger partial charge in [-0.25, -0.2) is 4.39 Å². The summed E-state index contributed by atoms with van der Waals surface area (Å²) in [5.41, 5.74) is 0.673. The zero-order valence-corrected chi connectivity index (χ0v) is 12.3. The summed E-state index contributed by atoms with van der Waals surface area (Å²) in [6.45, 7) is 1.49. The van der Waals surface area contributed by atoms with Crippen LogP contribution in [0.3, 0.4) is 0 Å². The molecule has 0 heterocycles. The number of nitrogens with one attached hydrogen (secondary N) is 1. The second-order valence-corrected chi connectivity index (χ2v) is 4.78. The molecule has 1 unspecified atom stereocenters. The lowest BCUT2D eigenvalue weighted by molar-refractivity contribution is 0.0182. The first-order valence-electron chi connectivity index (χ1n) is 5.57. The van der Waals surface area contributed by atoms with Crippen LogP contribution < -0.4 is 5.32 Å². The maximum Gasteiger partial charge on any atom is 0.138 e. The molecule has 0 radical (unpaired) electrons. The Labute approximate surface area is 120 Å². The maximum absolute atomic E-state index is 13.2. The molecule has 102 valence electrons. The van der Waals surface area contributed by atoms with E-state index in [4.69, 9.17) is 9.47 Å². The number of halogens is 2. The largest absolute Gasteiger partial charge is 0.389 e. The fourth-order valence-electron chi connectivity index (χ4n) is 1.29. The van der Waals surface area contributed by atoms with Gasteiger partial charge in [-0.2, -0.15) is 0 Å². The Kier molecular flexibility index (Phi) is 7.48. The standard InChI is InChI=1S/C12H17FINO3/c1-17-5-6-18-8-9(16)7-15-11-4-2-3-10(13)12(11)14/h2-4,9,15-16H,5-8H2,1H3. The minimum Gasteiger partial charge on any atom is -0.389 e. The number of hydrogen-bond donors (Lipinski definition) is 2. The normalized spacial score (nSPS) is 12.4. The first kappa shape index (κ1) is 15.6. The van der Waals surface area contributed by atoms with Crippen molar-refractivity contribution in [2.24, 2.45) is 0 Å². The summed E-state index contributed by atoms with van der Waals surface area (Å²) in [5, 5.41) is 12.6. The molecule has 2 N–H and O–H groups in total. The van der Waals surface area contributed by atoms with Crippen LogP contribution in [-0.2, 0) is 9.47 Å². The van der Waals surface area contributed by atoms with Crippen LogP contribution >= 0.6 is 22.6 Å². The molecular formula is C12H17FINO3. The molecule has 1 rings (SSSR count). The lowest BCUT2D eigenvalue weighted by Gasteiger charge is -2.14. The molecule has 0 saturated carbocycles. The molecule has 0 saturated heterocycles. The van der Waals surface area contributed by atoms with E-state index in [1.807, 2.05) is 22.6 Å². The number of ether oxygens (including phenoxy) is 2. The topological polar surface area (TPSA) is 50.7 Å². The Morgan fingerprint density at radius 2 is 2.22 bits per heavy atom. The van der Waals surface area contributed by atoms with Crippen molar-refractivity contribution in [2.75, 3.05) is 38.8 Å². The number of hydrogen-bond acceptors (Lipinski definition) is 4. The summed E-state index contributed by atoms with van der Waals surface area (Å²) in [4.78, 5) is 0. The Bertz CT molecular complexity index is 365. The van der Waals surface area contributed by atoms with E-state index in [1.165, 1.54) is 6.07 Å². The Morgan fingerprint density at radius 1 is 1.44 bits per heavy atom. The van der Waals surface area contributed by atoms with Gasteiger partial charge in [-0.15, -0.1) is 0 Å². The highest BCUT2D eigenvalue weighted by Crippen LogP contribution is 2.20. The van der Waals surface area contributed by atoms with Gasteiger partial charge in [0.15, 0.2) is 0 Å². The quantitative estimate of drug-likeness (QED) is 0.543. The summed E-state index contributed by atoms with van der Waals surface area (Å²) in [6, 6.07) is 4.79. The average molecular weight is 369 g/mol. The molecule has 0 aromatic heterocycles. The predicted octanol–water partition coefficient (Wildman–Crippen LogP) is 1.87. The van der Waals surface area contributed by atoms with E-state index in [2.05, 4.69) is 5.32 Å². The average Bonchev–Trinajstić information content (AvgIpc) is 2.36. The number of aliphatic hydroxyl groups excluding tert-OH is 1. The van der Waals surface area contributed by atoms with Crippen LogP contribution in [0.25, 0.3) is 0 Å². The fraction of sp³-hybridized carbons (Fsp3) is 0.500. The molecule has 1 atom stereocenters. The summed E-state index contributed by atoms with van der Waals surface area (Å²) in [7, 11) is 1.59. The van der Waals surface area contributed by atoms with Crippen molar-refractivity contribution in [1.82, 2.24) is 0 Å². The third kappa shape index (κ3) is 5.47. The van der Waals surface area contributed by atoms with Crippen LogP contribution in [0, 0.1) is 9.39 Å². The van der Waals surface area contributed by atoms with Gasteiger partial charge in [0.05, 0.1) is 35.2 Å². The monoisotopic (exact) mass is 369 g/mol. The first-order chi connectivity index (χ1) is 8.65. The minimum absolute atomic E-state index is 0.224. The van der Waals surface area contributed by atoms with E-state index in [-0.39, 0.29) is 12.4 Å². The molecule has 0 bridgehead atoms. The van der Waals surface area contributed by atoms with Gasteiger partial charge in [0, 0.05) is 13.7 Å². The van der Waals surface area contributed by atoms with Gasteiger partial charge in [-0.1, -0.05) is 6.07 Å². The van der Waals surface area contributed by atoms with Crippen LogP contribution in [0.5, 0.6) is 0 Å². The predicted molar refractivity (Wildman–Crippen MR) is 76.3 cm³/mol. The van der Waals surface area contributed by atoms with Crippen LogP contribution in [0.1, 0.15) is 0 Å².